The van der Waals surface area contributed by atoms with Gasteiger partial charge in [-0.05, 0) is 27.1 Å². The summed E-state index contributed by atoms with van der Waals surface area (Å²) in [6, 6.07) is 4.77. The Morgan fingerprint density at radius 1 is 1.53 bits per heavy atom. The maximum absolute atomic E-state index is 10.5. The molecule has 0 fully saturated rings. The topological polar surface area (TPSA) is 58.4 Å². The molecular weight excluding hydrogens is 242 g/mol. The second kappa shape index (κ2) is 5.84. The van der Waals surface area contributed by atoms with Crippen molar-refractivity contribution in [2.24, 2.45) is 0 Å². The average molecular weight is 258 g/mol. The summed E-state index contributed by atoms with van der Waals surface area (Å²) in [5.74, 6) is 0. The highest BCUT2D eigenvalue weighted by Gasteiger charge is 2.10. The third kappa shape index (κ3) is 3.87. The van der Waals surface area contributed by atoms with Gasteiger partial charge in [-0.15, -0.1) is 0 Å². The number of halogens is 1. The fourth-order valence-corrected chi connectivity index (χ4v) is 1.44. The van der Waals surface area contributed by atoms with Crippen LogP contribution >= 0.6 is 11.6 Å². The van der Waals surface area contributed by atoms with Crippen molar-refractivity contribution in [1.82, 2.24) is 4.90 Å². The van der Waals surface area contributed by atoms with Crippen molar-refractivity contribution in [3.63, 3.8) is 0 Å². The van der Waals surface area contributed by atoms with Crippen LogP contribution < -0.4 is 5.32 Å². The van der Waals surface area contributed by atoms with E-state index in [2.05, 4.69) is 17.1 Å². The van der Waals surface area contributed by atoms with Crippen molar-refractivity contribution in [1.29, 1.82) is 0 Å². The van der Waals surface area contributed by atoms with Gasteiger partial charge in [0.1, 0.15) is 0 Å². The predicted molar refractivity (Wildman–Crippen MR) is 69.7 cm³/mol. The largest absolute Gasteiger partial charge is 0.382 e. The molecule has 1 aromatic carbocycles. The number of nitrogens with one attached hydrogen (secondary N) is 1. The molecule has 1 aromatic rings. The molecule has 0 saturated carbocycles. The van der Waals surface area contributed by atoms with E-state index >= 15 is 0 Å². The molecule has 0 amide bonds. The summed E-state index contributed by atoms with van der Waals surface area (Å²) >= 11 is 5.96. The lowest BCUT2D eigenvalue weighted by Crippen LogP contribution is -2.31. The fourth-order valence-electron chi connectivity index (χ4n) is 1.20. The molecule has 0 heterocycles. The van der Waals surface area contributed by atoms with Gasteiger partial charge in [0, 0.05) is 24.7 Å². The number of rotatable bonds is 5. The lowest BCUT2D eigenvalue weighted by atomic mass is 10.2. The minimum absolute atomic E-state index is 0.00112. The number of nitro benzene ring substituents is 1. The number of hydrogen-bond donors (Lipinski definition) is 1. The Bertz CT molecular complexity index is 410. The molecule has 1 N–H and O–H groups in total. The summed E-state index contributed by atoms with van der Waals surface area (Å²) in [5, 5.41) is 14.1. The van der Waals surface area contributed by atoms with Crippen LogP contribution in [0.4, 0.5) is 11.4 Å². The number of anilines is 1. The first kappa shape index (κ1) is 13.7. The number of benzene rings is 1. The van der Waals surface area contributed by atoms with Gasteiger partial charge in [0.05, 0.1) is 15.6 Å². The predicted octanol–water partition coefficient (Wildman–Crippen LogP) is 2.61. The van der Waals surface area contributed by atoms with Crippen molar-refractivity contribution < 1.29 is 4.92 Å². The number of likely N-dealkylation sites (N-methyl/N-ethyl adjacent to an activating group) is 1. The standard InChI is InChI=1S/C11H16ClN3O2/c1-8(14(2)3)7-13-11-5-4-9(15(16)17)6-10(11)12/h4-6,8,13H,7H2,1-3H3. The van der Waals surface area contributed by atoms with Crippen LogP contribution in [0.1, 0.15) is 6.92 Å². The van der Waals surface area contributed by atoms with E-state index in [4.69, 9.17) is 11.6 Å². The first-order valence-corrected chi connectivity index (χ1v) is 5.64. The smallest absolute Gasteiger partial charge is 0.271 e. The van der Waals surface area contributed by atoms with Crippen molar-refractivity contribution in [2.45, 2.75) is 13.0 Å². The van der Waals surface area contributed by atoms with Crippen LogP contribution in [0.25, 0.3) is 0 Å². The number of non-ortho nitro benzene ring substituents is 1. The zero-order valence-corrected chi connectivity index (χ0v) is 10.9. The van der Waals surface area contributed by atoms with Gasteiger partial charge < -0.3 is 10.2 Å². The van der Waals surface area contributed by atoms with E-state index in [0.29, 0.717) is 16.8 Å². The molecule has 5 nitrogen and oxygen atoms in total. The first-order chi connectivity index (χ1) is 7.91. The molecule has 0 aliphatic carbocycles. The third-order valence-corrected chi connectivity index (χ3v) is 2.95. The highest BCUT2D eigenvalue weighted by molar-refractivity contribution is 6.33. The van der Waals surface area contributed by atoms with E-state index in [1.807, 2.05) is 14.1 Å². The van der Waals surface area contributed by atoms with E-state index in [-0.39, 0.29) is 5.69 Å². The van der Waals surface area contributed by atoms with Crippen LogP contribution in [-0.2, 0) is 0 Å². The SMILES string of the molecule is CC(CNc1ccc([N+](=O)[O-])cc1Cl)N(C)C. The van der Waals surface area contributed by atoms with Gasteiger partial charge in [0.2, 0.25) is 0 Å². The normalized spacial score (nSPS) is 12.5. The minimum atomic E-state index is -0.460. The third-order valence-electron chi connectivity index (χ3n) is 2.63. The zero-order valence-electron chi connectivity index (χ0n) is 10.1. The van der Waals surface area contributed by atoms with Gasteiger partial charge in [-0.25, -0.2) is 0 Å². The maximum atomic E-state index is 10.5. The van der Waals surface area contributed by atoms with Crippen LogP contribution in [0.3, 0.4) is 0 Å². The Morgan fingerprint density at radius 3 is 2.65 bits per heavy atom. The fraction of sp³-hybridized carbons (Fsp3) is 0.455. The summed E-state index contributed by atoms with van der Waals surface area (Å²) < 4.78 is 0. The number of nitrogens with zero attached hydrogens (tertiary/aromatic N) is 2. The molecule has 1 unspecified atom stereocenters. The molecule has 0 aromatic heterocycles. The summed E-state index contributed by atoms with van der Waals surface area (Å²) in [4.78, 5) is 12.2. The lowest BCUT2D eigenvalue weighted by molar-refractivity contribution is -0.384. The van der Waals surface area contributed by atoms with Crippen molar-refractivity contribution in [3.05, 3.63) is 33.3 Å². The maximum Gasteiger partial charge on any atom is 0.271 e. The highest BCUT2D eigenvalue weighted by Crippen LogP contribution is 2.26. The summed E-state index contributed by atoms with van der Waals surface area (Å²) in [6.07, 6.45) is 0. The number of nitro groups is 1. The lowest BCUT2D eigenvalue weighted by Gasteiger charge is -2.20. The molecule has 1 atom stereocenters. The molecular formula is C11H16ClN3O2. The summed E-state index contributed by atoms with van der Waals surface area (Å²) in [6.45, 7) is 2.80. The molecule has 0 radical (unpaired) electrons. The van der Waals surface area contributed by atoms with Gasteiger partial charge in [-0.3, -0.25) is 10.1 Å². The molecule has 1 rings (SSSR count). The van der Waals surface area contributed by atoms with Gasteiger partial charge in [-0.1, -0.05) is 11.6 Å². The Labute approximate surface area is 106 Å². The van der Waals surface area contributed by atoms with Crippen LogP contribution in [0.15, 0.2) is 18.2 Å². The van der Waals surface area contributed by atoms with E-state index in [0.717, 1.165) is 6.54 Å². The summed E-state index contributed by atoms with van der Waals surface area (Å²) in [7, 11) is 3.98. The monoisotopic (exact) mass is 257 g/mol. The Kier molecular flexibility index (Phi) is 4.72. The quantitative estimate of drug-likeness (QED) is 0.651. The molecule has 0 bridgehead atoms. The molecule has 0 aliphatic heterocycles. The highest BCUT2D eigenvalue weighted by atomic mass is 35.5. The van der Waals surface area contributed by atoms with Crippen LogP contribution in [0.2, 0.25) is 5.02 Å². The van der Waals surface area contributed by atoms with E-state index < -0.39 is 4.92 Å². The van der Waals surface area contributed by atoms with E-state index in [1.165, 1.54) is 12.1 Å². The van der Waals surface area contributed by atoms with Gasteiger partial charge in [0.15, 0.2) is 0 Å². The molecule has 0 aliphatic rings. The van der Waals surface area contributed by atoms with E-state index in [9.17, 15) is 10.1 Å². The van der Waals surface area contributed by atoms with Crippen LogP contribution in [0.5, 0.6) is 0 Å². The molecule has 0 spiro atoms. The molecule has 94 valence electrons. The zero-order chi connectivity index (χ0) is 13.0. The Balaban J connectivity index is 2.70. The average Bonchev–Trinajstić information content (AvgIpc) is 2.26. The van der Waals surface area contributed by atoms with Gasteiger partial charge in [0.25, 0.3) is 5.69 Å². The second-order valence-electron chi connectivity index (χ2n) is 4.11. The van der Waals surface area contributed by atoms with Crippen molar-refractivity contribution >= 4 is 23.0 Å². The second-order valence-corrected chi connectivity index (χ2v) is 4.52. The molecule has 17 heavy (non-hydrogen) atoms. The first-order valence-electron chi connectivity index (χ1n) is 5.26. The summed E-state index contributed by atoms with van der Waals surface area (Å²) in [5.41, 5.74) is 0.715. The van der Waals surface area contributed by atoms with E-state index in [1.54, 1.807) is 6.07 Å². The Morgan fingerprint density at radius 2 is 2.18 bits per heavy atom. The van der Waals surface area contributed by atoms with Gasteiger partial charge >= 0.3 is 0 Å². The van der Waals surface area contributed by atoms with Crippen molar-refractivity contribution in [2.75, 3.05) is 26.0 Å². The Hall–Kier alpha value is -1.33. The number of hydrogen-bond acceptors (Lipinski definition) is 4. The van der Waals surface area contributed by atoms with Crippen LogP contribution in [0, 0.1) is 10.1 Å². The minimum Gasteiger partial charge on any atom is -0.382 e. The molecule has 0 saturated heterocycles. The van der Waals surface area contributed by atoms with Gasteiger partial charge in [-0.2, -0.15) is 0 Å². The van der Waals surface area contributed by atoms with Crippen molar-refractivity contribution in [3.8, 4) is 0 Å². The van der Waals surface area contributed by atoms with Crippen LogP contribution in [-0.4, -0.2) is 36.5 Å². The molecule has 6 heteroatoms.